The molecule has 0 unspecified atom stereocenters. The van der Waals surface area contributed by atoms with Crippen LogP contribution < -0.4 is 4.72 Å². The van der Waals surface area contributed by atoms with E-state index in [1.54, 1.807) is 31.2 Å². The quantitative estimate of drug-likeness (QED) is 0.129. The van der Waals surface area contributed by atoms with Crippen molar-refractivity contribution in [1.82, 2.24) is 4.72 Å². The molecule has 0 fully saturated rings. The van der Waals surface area contributed by atoms with E-state index < -0.39 is 27.4 Å². The summed E-state index contributed by atoms with van der Waals surface area (Å²) >= 11 is 0. The lowest BCUT2D eigenvalue weighted by atomic mass is 9.67. The number of benzene rings is 6. The van der Waals surface area contributed by atoms with Crippen LogP contribution in [0.15, 0.2) is 181 Å². The number of carbonyl (C=O) groups is 1. The fourth-order valence-corrected chi connectivity index (χ4v) is 8.04. The van der Waals surface area contributed by atoms with Crippen molar-refractivity contribution in [2.45, 2.75) is 43.5 Å². The first-order valence-electron chi connectivity index (χ1n) is 17.8. The molecule has 53 heavy (non-hydrogen) atoms. The highest BCUT2D eigenvalue weighted by atomic mass is 32.2. The van der Waals surface area contributed by atoms with Crippen molar-refractivity contribution < 1.29 is 13.2 Å². The Bertz CT molecular complexity index is 2240. The Kier molecular flexibility index (Phi) is 11.6. The van der Waals surface area contributed by atoms with E-state index in [0.29, 0.717) is 5.56 Å². The number of carbonyl (C=O) groups excluding carboxylic acids is 1. The summed E-state index contributed by atoms with van der Waals surface area (Å²) in [6.07, 6.45) is 2.16. The standard InChI is InChI=1S/C48H43NO3S/c1-36-26-30-41(31-27-36)47(49-53(51,52)44-32-28-37(2)29-33-44)46(38(3)50)35-48(42-21-12-6-13-22-42,43-23-14-7-15-24-43)34-16-25-45(39-17-8-4-9-18-39)40-19-10-5-11-20-40/h4-15,17-33,46-47,49H,35H2,1-3H3/t46-,47-/m1/s1. The Morgan fingerprint density at radius 1 is 0.642 bits per heavy atom. The lowest BCUT2D eigenvalue weighted by molar-refractivity contribution is -0.122. The lowest BCUT2D eigenvalue weighted by Crippen LogP contribution is -2.40. The summed E-state index contributed by atoms with van der Waals surface area (Å²) in [5, 5.41) is 0. The molecule has 4 nitrogen and oxygen atoms in total. The molecule has 0 aliphatic heterocycles. The van der Waals surface area contributed by atoms with Gasteiger partial charge in [-0.2, -0.15) is 0 Å². The first-order valence-corrected chi connectivity index (χ1v) is 19.3. The van der Waals surface area contributed by atoms with E-state index in [2.05, 4.69) is 40.8 Å². The molecule has 0 aromatic heterocycles. The first-order chi connectivity index (χ1) is 25.7. The molecule has 5 heteroatoms. The Hall–Kier alpha value is -5.80. The molecule has 0 aliphatic carbocycles. The highest BCUT2D eigenvalue weighted by Crippen LogP contribution is 2.42. The van der Waals surface area contributed by atoms with Gasteiger partial charge in [-0.1, -0.05) is 181 Å². The second kappa shape index (κ2) is 16.7. The zero-order chi connectivity index (χ0) is 37.3. The van der Waals surface area contributed by atoms with Crippen molar-refractivity contribution >= 4 is 21.4 Å². The van der Waals surface area contributed by atoms with Gasteiger partial charge < -0.3 is 0 Å². The molecule has 0 aliphatic rings. The van der Waals surface area contributed by atoms with Crippen LogP contribution in [0.5, 0.6) is 0 Å². The molecule has 0 spiro atoms. The molecular weight excluding hydrogens is 671 g/mol. The number of allylic oxidation sites excluding steroid dienone is 1. The van der Waals surface area contributed by atoms with Gasteiger partial charge in [0.05, 0.1) is 16.4 Å². The summed E-state index contributed by atoms with van der Waals surface area (Å²) in [5.41, 5.74) is 6.52. The van der Waals surface area contributed by atoms with Crippen molar-refractivity contribution in [1.29, 1.82) is 0 Å². The fourth-order valence-electron chi connectivity index (χ4n) is 6.78. The number of sulfonamides is 1. The Balaban J connectivity index is 1.56. The van der Waals surface area contributed by atoms with Gasteiger partial charge in [0.15, 0.2) is 0 Å². The van der Waals surface area contributed by atoms with Gasteiger partial charge in [0.1, 0.15) is 5.78 Å². The summed E-state index contributed by atoms with van der Waals surface area (Å²) in [5.74, 6) is 6.20. The van der Waals surface area contributed by atoms with Crippen LogP contribution in [0.3, 0.4) is 0 Å². The van der Waals surface area contributed by atoms with Gasteiger partial charge in [-0.05, 0) is 78.8 Å². The minimum absolute atomic E-state index is 0.138. The molecule has 1 N–H and O–H groups in total. The van der Waals surface area contributed by atoms with Gasteiger partial charge in [0.2, 0.25) is 10.0 Å². The number of ketones is 1. The molecule has 6 aromatic rings. The van der Waals surface area contributed by atoms with E-state index >= 15 is 0 Å². The Morgan fingerprint density at radius 3 is 1.53 bits per heavy atom. The van der Waals surface area contributed by atoms with Crippen LogP contribution in [-0.2, 0) is 20.2 Å². The van der Waals surface area contributed by atoms with Crippen LogP contribution in [0.2, 0.25) is 0 Å². The third-order valence-corrected chi connectivity index (χ3v) is 11.2. The number of hydrogen-bond donors (Lipinski definition) is 1. The predicted molar refractivity (Wildman–Crippen MR) is 216 cm³/mol. The SMILES string of the molecule is CC(=O)[C@@H](CC(C#CC=C(c1ccccc1)c1ccccc1)(c1ccccc1)c1ccccc1)[C@H](NS(=O)(=O)c1ccc(C)cc1)c1ccc(C)cc1. The minimum atomic E-state index is -4.04. The summed E-state index contributed by atoms with van der Waals surface area (Å²) < 4.78 is 31.2. The summed E-state index contributed by atoms with van der Waals surface area (Å²) in [6, 6.07) is 53.8. The maximum atomic E-state index is 14.1. The molecule has 0 bridgehead atoms. The van der Waals surface area contributed by atoms with Crippen LogP contribution in [0.4, 0.5) is 0 Å². The van der Waals surface area contributed by atoms with E-state index in [-0.39, 0.29) is 17.1 Å². The van der Waals surface area contributed by atoms with Crippen LogP contribution in [0, 0.1) is 31.6 Å². The molecule has 6 rings (SSSR count). The van der Waals surface area contributed by atoms with E-state index in [9.17, 15) is 13.2 Å². The third kappa shape index (κ3) is 8.81. The van der Waals surface area contributed by atoms with Crippen LogP contribution in [-0.4, -0.2) is 14.2 Å². The van der Waals surface area contributed by atoms with Gasteiger partial charge in [-0.15, -0.1) is 0 Å². The molecule has 0 radical (unpaired) electrons. The molecule has 0 amide bonds. The van der Waals surface area contributed by atoms with E-state index in [0.717, 1.165) is 39.0 Å². The summed E-state index contributed by atoms with van der Waals surface area (Å²) in [7, 11) is -4.04. The van der Waals surface area contributed by atoms with E-state index in [1.165, 1.54) is 0 Å². The second-order valence-electron chi connectivity index (χ2n) is 13.4. The van der Waals surface area contributed by atoms with E-state index in [4.69, 9.17) is 0 Å². The fraction of sp³-hybridized carbons (Fsp3) is 0.146. The van der Waals surface area contributed by atoms with Crippen LogP contribution >= 0.6 is 0 Å². The normalized spacial score (nSPS) is 12.5. The average Bonchev–Trinajstić information content (AvgIpc) is 3.19. The van der Waals surface area contributed by atoms with Crippen molar-refractivity contribution in [2.24, 2.45) is 5.92 Å². The molecule has 264 valence electrons. The molecule has 2 atom stereocenters. The van der Waals surface area contributed by atoms with Gasteiger partial charge in [0, 0.05) is 5.92 Å². The molecule has 0 saturated heterocycles. The zero-order valence-electron chi connectivity index (χ0n) is 30.2. The highest BCUT2D eigenvalue weighted by molar-refractivity contribution is 7.89. The monoisotopic (exact) mass is 713 g/mol. The third-order valence-electron chi connectivity index (χ3n) is 9.71. The number of hydrogen-bond acceptors (Lipinski definition) is 3. The smallest absolute Gasteiger partial charge is 0.241 e. The van der Waals surface area contributed by atoms with Crippen LogP contribution in [0.25, 0.3) is 5.57 Å². The van der Waals surface area contributed by atoms with Gasteiger partial charge in [0.25, 0.3) is 0 Å². The topological polar surface area (TPSA) is 63.2 Å². The van der Waals surface area contributed by atoms with E-state index in [1.807, 2.05) is 141 Å². The Morgan fingerprint density at radius 2 is 1.08 bits per heavy atom. The van der Waals surface area contributed by atoms with Crippen molar-refractivity contribution in [3.05, 3.63) is 215 Å². The Labute approximate surface area is 314 Å². The summed E-state index contributed by atoms with van der Waals surface area (Å²) in [6.45, 7) is 5.44. The predicted octanol–water partition coefficient (Wildman–Crippen LogP) is 10.0. The van der Waals surface area contributed by atoms with Crippen molar-refractivity contribution in [3.63, 3.8) is 0 Å². The average molecular weight is 714 g/mol. The van der Waals surface area contributed by atoms with Crippen LogP contribution in [0.1, 0.15) is 58.3 Å². The number of Topliss-reactive ketones (excluding diaryl/α,β-unsaturated/α-hetero) is 1. The maximum absolute atomic E-state index is 14.1. The minimum Gasteiger partial charge on any atom is -0.300 e. The molecule has 0 heterocycles. The maximum Gasteiger partial charge on any atom is 0.241 e. The largest absolute Gasteiger partial charge is 0.300 e. The first kappa shape index (κ1) is 37.0. The molecular formula is C48H43NO3S. The van der Waals surface area contributed by atoms with Gasteiger partial charge in [-0.3, -0.25) is 4.79 Å². The number of aryl methyl sites for hydroxylation is 2. The number of rotatable bonds is 12. The number of nitrogens with one attached hydrogen (secondary N) is 1. The highest BCUT2D eigenvalue weighted by Gasteiger charge is 2.41. The molecule has 0 saturated carbocycles. The molecule has 6 aromatic carbocycles. The second-order valence-corrected chi connectivity index (χ2v) is 15.2. The van der Waals surface area contributed by atoms with Gasteiger partial charge >= 0.3 is 0 Å². The van der Waals surface area contributed by atoms with Crippen molar-refractivity contribution in [3.8, 4) is 11.8 Å². The van der Waals surface area contributed by atoms with Gasteiger partial charge in [-0.25, -0.2) is 13.1 Å². The zero-order valence-corrected chi connectivity index (χ0v) is 31.1. The van der Waals surface area contributed by atoms with Crippen molar-refractivity contribution in [2.75, 3.05) is 0 Å². The summed E-state index contributed by atoms with van der Waals surface area (Å²) in [4.78, 5) is 14.2. The lowest BCUT2D eigenvalue weighted by Gasteiger charge is -2.36.